The minimum absolute atomic E-state index is 0.145. The molecule has 0 spiro atoms. The Morgan fingerprint density at radius 1 is 1.37 bits per heavy atom. The Balaban J connectivity index is 2.17. The monoisotopic (exact) mass is 282 g/mol. The van der Waals surface area contributed by atoms with Gasteiger partial charge in [-0.25, -0.2) is 8.42 Å². The van der Waals surface area contributed by atoms with Gasteiger partial charge in [-0.3, -0.25) is 0 Å². The molecule has 2 rings (SSSR count). The molecule has 19 heavy (non-hydrogen) atoms. The molecular weight excluding hydrogens is 260 g/mol. The summed E-state index contributed by atoms with van der Waals surface area (Å²) in [4.78, 5) is 0. The molecule has 0 bridgehead atoms. The van der Waals surface area contributed by atoms with Gasteiger partial charge < -0.3 is 5.73 Å². The summed E-state index contributed by atoms with van der Waals surface area (Å²) >= 11 is 0. The lowest BCUT2D eigenvalue weighted by Crippen LogP contribution is -2.35. The maximum Gasteiger partial charge on any atom is 0.214 e. The van der Waals surface area contributed by atoms with Crippen LogP contribution in [0.15, 0.2) is 24.3 Å². The van der Waals surface area contributed by atoms with Crippen LogP contribution in [-0.4, -0.2) is 24.5 Å². The molecule has 1 aromatic rings. The Morgan fingerprint density at radius 2 is 2.05 bits per heavy atom. The van der Waals surface area contributed by atoms with E-state index in [1.165, 1.54) is 0 Å². The van der Waals surface area contributed by atoms with Crippen LogP contribution < -0.4 is 5.73 Å². The first-order valence-corrected chi connectivity index (χ1v) is 8.33. The molecule has 1 aliphatic carbocycles. The molecule has 4 nitrogen and oxygen atoms in total. The molecule has 2 N–H and O–H groups in total. The number of benzene rings is 1. The number of nitrogen functional groups attached to an aromatic ring is 1. The fourth-order valence-corrected chi connectivity index (χ4v) is 4.25. The quantitative estimate of drug-likeness (QED) is 0.814. The molecule has 106 valence electrons. The Labute approximate surface area is 115 Å². The van der Waals surface area contributed by atoms with E-state index in [0.717, 1.165) is 18.4 Å². The van der Waals surface area contributed by atoms with Crippen LogP contribution in [0.3, 0.4) is 0 Å². The van der Waals surface area contributed by atoms with Gasteiger partial charge in [-0.15, -0.1) is 0 Å². The van der Waals surface area contributed by atoms with Crippen LogP contribution in [0.5, 0.6) is 0 Å². The average molecular weight is 282 g/mol. The lowest BCUT2D eigenvalue weighted by atomic mass is 10.2. The summed E-state index contributed by atoms with van der Waals surface area (Å²) < 4.78 is 26.5. The highest BCUT2D eigenvalue weighted by Gasteiger charge is 2.37. The third-order valence-corrected chi connectivity index (χ3v) is 5.37. The highest BCUT2D eigenvalue weighted by molar-refractivity contribution is 7.89. The molecule has 0 radical (unpaired) electrons. The SMILES string of the molecule is CC(C)CS(=O)(=O)N(Cc1cccc(N)c1)C1CC1. The van der Waals surface area contributed by atoms with Crippen molar-refractivity contribution < 1.29 is 8.42 Å². The Morgan fingerprint density at radius 3 is 2.58 bits per heavy atom. The largest absolute Gasteiger partial charge is 0.399 e. The maximum atomic E-state index is 12.4. The van der Waals surface area contributed by atoms with Crippen molar-refractivity contribution in [3.05, 3.63) is 29.8 Å². The van der Waals surface area contributed by atoms with E-state index < -0.39 is 10.0 Å². The second kappa shape index (κ2) is 5.51. The molecule has 0 amide bonds. The average Bonchev–Trinajstić information content (AvgIpc) is 3.07. The molecule has 0 aromatic heterocycles. The van der Waals surface area contributed by atoms with E-state index in [2.05, 4.69) is 0 Å². The summed E-state index contributed by atoms with van der Waals surface area (Å²) in [6, 6.07) is 7.64. The van der Waals surface area contributed by atoms with Gasteiger partial charge in [-0.2, -0.15) is 4.31 Å². The minimum atomic E-state index is -3.18. The molecule has 0 heterocycles. The van der Waals surface area contributed by atoms with E-state index in [0.29, 0.717) is 12.2 Å². The van der Waals surface area contributed by atoms with Gasteiger partial charge in [0.05, 0.1) is 5.75 Å². The zero-order chi connectivity index (χ0) is 14.0. The normalized spacial score (nSPS) is 16.2. The first-order chi connectivity index (χ1) is 8.88. The van der Waals surface area contributed by atoms with Crippen LogP contribution in [0.4, 0.5) is 5.69 Å². The van der Waals surface area contributed by atoms with E-state index in [-0.39, 0.29) is 17.7 Å². The van der Waals surface area contributed by atoms with Gasteiger partial charge in [-0.1, -0.05) is 26.0 Å². The molecule has 5 heteroatoms. The second-order valence-electron chi connectivity index (χ2n) is 5.69. The standard InChI is InChI=1S/C14H22N2O2S/c1-11(2)10-19(17,18)16(14-6-7-14)9-12-4-3-5-13(15)8-12/h3-5,8,11,14H,6-7,9-10,15H2,1-2H3. The number of hydrogen-bond acceptors (Lipinski definition) is 3. The predicted molar refractivity (Wildman–Crippen MR) is 78.0 cm³/mol. The lowest BCUT2D eigenvalue weighted by molar-refractivity contribution is 0.395. The molecular formula is C14H22N2O2S. The Kier molecular flexibility index (Phi) is 4.16. The van der Waals surface area contributed by atoms with Crippen molar-refractivity contribution >= 4 is 15.7 Å². The van der Waals surface area contributed by atoms with Crippen molar-refractivity contribution in [2.45, 2.75) is 39.3 Å². The van der Waals surface area contributed by atoms with Crippen molar-refractivity contribution in [1.29, 1.82) is 0 Å². The number of nitrogens with two attached hydrogens (primary N) is 1. The van der Waals surface area contributed by atoms with Gasteiger partial charge >= 0.3 is 0 Å². The molecule has 1 aromatic carbocycles. The van der Waals surface area contributed by atoms with Crippen molar-refractivity contribution in [1.82, 2.24) is 4.31 Å². The van der Waals surface area contributed by atoms with E-state index in [1.807, 2.05) is 38.1 Å². The molecule has 0 aliphatic heterocycles. The summed E-state index contributed by atoms with van der Waals surface area (Å²) in [6.45, 7) is 4.30. The van der Waals surface area contributed by atoms with Gasteiger partial charge in [0, 0.05) is 18.3 Å². The van der Waals surface area contributed by atoms with Gasteiger partial charge in [0.1, 0.15) is 0 Å². The number of nitrogens with zero attached hydrogens (tertiary/aromatic N) is 1. The topological polar surface area (TPSA) is 63.4 Å². The van der Waals surface area contributed by atoms with E-state index in [4.69, 9.17) is 5.73 Å². The van der Waals surface area contributed by atoms with Crippen LogP contribution in [0.2, 0.25) is 0 Å². The van der Waals surface area contributed by atoms with Crippen LogP contribution in [0, 0.1) is 5.92 Å². The maximum absolute atomic E-state index is 12.4. The second-order valence-corrected chi connectivity index (χ2v) is 7.66. The predicted octanol–water partition coefficient (Wildman–Crippen LogP) is 2.22. The molecule has 1 aliphatic rings. The molecule has 1 saturated carbocycles. The van der Waals surface area contributed by atoms with Crippen LogP contribution in [-0.2, 0) is 16.6 Å². The number of sulfonamides is 1. The van der Waals surface area contributed by atoms with Gasteiger partial charge in [0.2, 0.25) is 10.0 Å². The third-order valence-electron chi connectivity index (χ3n) is 3.14. The van der Waals surface area contributed by atoms with Crippen molar-refractivity contribution in [3.63, 3.8) is 0 Å². The zero-order valence-electron chi connectivity index (χ0n) is 11.5. The number of rotatable bonds is 6. The first kappa shape index (κ1) is 14.3. The molecule has 0 saturated heterocycles. The summed E-state index contributed by atoms with van der Waals surface area (Å²) in [5.74, 6) is 0.360. The van der Waals surface area contributed by atoms with Crippen LogP contribution in [0.1, 0.15) is 32.3 Å². The lowest BCUT2D eigenvalue weighted by Gasteiger charge is -2.23. The summed E-state index contributed by atoms with van der Waals surface area (Å²) in [5, 5.41) is 0. The summed E-state index contributed by atoms with van der Waals surface area (Å²) in [6.07, 6.45) is 1.94. The molecule has 0 unspecified atom stereocenters. The van der Waals surface area contributed by atoms with Crippen LogP contribution >= 0.6 is 0 Å². The van der Waals surface area contributed by atoms with E-state index in [9.17, 15) is 8.42 Å². The summed E-state index contributed by atoms with van der Waals surface area (Å²) in [5.41, 5.74) is 7.38. The number of hydrogen-bond donors (Lipinski definition) is 1. The fraction of sp³-hybridized carbons (Fsp3) is 0.571. The third kappa shape index (κ3) is 3.94. The Bertz CT molecular complexity index is 536. The van der Waals surface area contributed by atoms with Crippen molar-refractivity contribution in [3.8, 4) is 0 Å². The fourth-order valence-electron chi connectivity index (χ4n) is 2.21. The molecule has 1 fully saturated rings. The highest BCUT2D eigenvalue weighted by Crippen LogP contribution is 2.31. The smallest absolute Gasteiger partial charge is 0.214 e. The minimum Gasteiger partial charge on any atom is -0.399 e. The van der Waals surface area contributed by atoms with Crippen molar-refractivity contribution in [2.24, 2.45) is 5.92 Å². The Hall–Kier alpha value is -1.07. The first-order valence-electron chi connectivity index (χ1n) is 6.72. The van der Waals surface area contributed by atoms with Crippen molar-refractivity contribution in [2.75, 3.05) is 11.5 Å². The van der Waals surface area contributed by atoms with Gasteiger partial charge in [0.25, 0.3) is 0 Å². The number of anilines is 1. The summed E-state index contributed by atoms with van der Waals surface area (Å²) in [7, 11) is -3.18. The zero-order valence-corrected chi connectivity index (χ0v) is 12.4. The van der Waals surface area contributed by atoms with Gasteiger partial charge in [0.15, 0.2) is 0 Å². The van der Waals surface area contributed by atoms with E-state index in [1.54, 1.807) is 4.31 Å². The molecule has 0 atom stereocenters. The highest BCUT2D eigenvalue weighted by atomic mass is 32.2. The van der Waals surface area contributed by atoms with Crippen LogP contribution in [0.25, 0.3) is 0 Å². The van der Waals surface area contributed by atoms with E-state index >= 15 is 0 Å². The van der Waals surface area contributed by atoms with Gasteiger partial charge in [-0.05, 0) is 36.5 Å².